The number of hydrogen-bond donors (Lipinski definition) is 1. The first-order valence-corrected chi connectivity index (χ1v) is 3.88. The first kappa shape index (κ1) is 6.89. The van der Waals surface area contributed by atoms with Crippen molar-refractivity contribution >= 4 is 17.7 Å². The summed E-state index contributed by atoms with van der Waals surface area (Å²) < 4.78 is 4.92. The van der Waals surface area contributed by atoms with Crippen molar-refractivity contribution in [2.45, 2.75) is 6.10 Å². The van der Waals surface area contributed by atoms with Crippen molar-refractivity contribution in [2.24, 2.45) is 0 Å². The highest BCUT2D eigenvalue weighted by Crippen LogP contribution is 2.11. The third kappa shape index (κ3) is 1.87. The van der Waals surface area contributed by atoms with Gasteiger partial charge in [0.2, 0.25) is 0 Å². The maximum Gasteiger partial charge on any atom is 0.333 e. The number of thioether (sulfide) groups is 1. The van der Waals surface area contributed by atoms with Crippen LogP contribution in [0.5, 0.6) is 0 Å². The minimum absolute atomic E-state index is 0.566. The highest BCUT2D eigenvalue weighted by Gasteiger charge is 2.20. The second-order valence-corrected chi connectivity index (χ2v) is 2.92. The summed E-state index contributed by atoms with van der Waals surface area (Å²) in [5, 5.41) is 8.40. The molecule has 3 nitrogen and oxygen atoms in total. The second kappa shape index (κ2) is 3.08. The van der Waals surface area contributed by atoms with Crippen molar-refractivity contribution in [3.05, 3.63) is 0 Å². The zero-order valence-corrected chi connectivity index (χ0v) is 5.69. The summed E-state index contributed by atoms with van der Waals surface area (Å²) in [6.07, 6.45) is -0.566. The molecule has 52 valence electrons. The van der Waals surface area contributed by atoms with E-state index in [1.165, 1.54) is 0 Å². The smallest absolute Gasteiger partial charge is 0.333 e. The van der Waals surface area contributed by atoms with Gasteiger partial charge in [0.25, 0.3) is 0 Å². The van der Waals surface area contributed by atoms with Gasteiger partial charge in [-0.2, -0.15) is 11.8 Å². The quantitative estimate of drug-likeness (QED) is 0.577. The summed E-state index contributed by atoms with van der Waals surface area (Å²) in [6.45, 7) is 0.571. The third-order valence-electron chi connectivity index (χ3n) is 1.09. The van der Waals surface area contributed by atoms with Gasteiger partial charge in [0.1, 0.15) is 0 Å². The van der Waals surface area contributed by atoms with Crippen molar-refractivity contribution in [1.82, 2.24) is 0 Å². The second-order valence-electron chi connectivity index (χ2n) is 1.77. The number of carbonyl (C=O) groups is 1. The monoisotopic (exact) mass is 148 g/mol. The number of hydrogen-bond acceptors (Lipinski definition) is 3. The molecule has 1 atom stereocenters. The number of carboxylic acid groups (broad SMARTS) is 1. The zero-order valence-electron chi connectivity index (χ0n) is 4.87. The summed E-state index contributed by atoms with van der Waals surface area (Å²) >= 11 is 1.63. The molecule has 1 heterocycles. The van der Waals surface area contributed by atoms with Gasteiger partial charge in [-0.3, -0.25) is 0 Å². The summed E-state index contributed by atoms with van der Waals surface area (Å²) in [5.74, 6) is 0.668. The molecule has 9 heavy (non-hydrogen) atoms. The number of aliphatic carboxylic acids is 1. The molecule has 0 aromatic heterocycles. The molecule has 0 spiro atoms. The van der Waals surface area contributed by atoms with E-state index in [9.17, 15) is 4.79 Å². The minimum atomic E-state index is -0.845. The van der Waals surface area contributed by atoms with Crippen LogP contribution in [0.25, 0.3) is 0 Å². The molecule has 1 aliphatic heterocycles. The van der Waals surface area contributed by atoms with Gasteiger partial charge < -0.3 is 9.84 Å². The molecule has 1 aliphatic rings. The fourth-order valence-electron chi connectivity index (χ4n) is 0.630. The predicted molar refractivity (Wildman–Crippen MR) is 34.7 cm³/mol. The van der Waals surface area contributed by atoms with E-state index in [1.807, 2.05) is 0 Å². The predicted octanol–water partition coefficient (Wildman–Crippen LogP) is 0.203. The van der Waals surface area contributed by atoms with Gasteiger partial charge in [0.05, 0.1) is 6.61 Å². The van der Waals surface area contributed by atoms with Crippen LogP contribution in [-0.4, -0.2) is 35.3 Å². The Bertz CT molecular complexity index is 109. The van der Waals surface area contributed by atoms with E-state index in [0.717, 1.165) is 5.75 Å². The van der Waals surface area contributed by atoms with Gasteiger partial charge in [-0.05, 0) is 0 Å². The first-order valence-electron chi connectivity index (χ1n) is 2.73. The van der Waals surface area contributed by atoms with Crippen LogP contribution in [0.1, 0.15) is 0 Å². The molecule has 1 fully saturated rings. The molecule has 0 aromatic rings. The summed E-state index contributed by atoms with van der Waals surface area (Å²) in [5.41, 5.74) is 0. The Morgan fingerprint density at radius 2 is 2.56 bits per heavy atom. The maximum absolute atomic E-state index is 10.2. The van der Waals surface area contributed by atoms with Crippen molar-refractivity contribution in [2.75, 3.05) is 18.1 Å². The van der Waals surface area contributed by atoms with Gasteiger partial charge in [-0.1, -0.05) is 0 Å². The fourth-order valence-corrected chi connectivity index (χ4v) is 1.46. The summed E-state index contributed by atoms with van der Waals surface area (Å²) in [7, 11) is 0. The lowest BCUT2D eigenvalue weighted by atomic mass is 10.4. The third-order valence-corrected chi connectivity index (χ3v) is 2.09. The van der Waals surface area contributed by atoms with E-state index in [-0.39, 0.29) is 0 Å². The molecule has 1 unspecified atom stereocenters. The topological polar surface area (TPSA) is 46.5 Å². The molecule has 1 rings (SSSR count). The SMILES string of the molecule is O=C(O)C1CSCCO1. The highest BCUT2D eigenvalue weighted by molar-refractivity contribution is 7.99. The fraction of sp³-hybridized carbons (Fsp3) is 0.800. The van der Waals surface area contributed by atoms with Crippen LogP contribution < -0.4 is 0 Å². The molecule has 1 saturated heterocycles. The standard InChI is InChI=1S/C5H8O3S/c6-5(7)4-3-9-2-1-8-4/h4H,1-3H2,(H,6,7). The van der Waals surface area contributed by atoms with E-state index in [1.54, 1.807) is 11.8 Å². The summed E-state index contributed by atoms with van der Waals surface area (Å²) in [6, 6.07) is 0. The highest BCUT2D eigenvalue weighted by atomic mass is 32.2. The van der Waals surface area contributed by atoms with Crippen molar-refractivity contribution in [3.8, 4) is 0 Å². The van der Waals surface area contributed by atoms with Gasteiger partial charge in [0, 0.05) is 11.5 Å². The number of carboxylic acids is 1. The summed E-state index contributed by atoms with van der Waals surface area (Å²) in [4.78, 5) is 10.2. The van der Waals surface area contributed by atoms with Crippen LogP contribution >= 0.6 is 11.8 Å². The molecular formula is C5H8O3S. The lowest BCUT2D eigenvalue weighted by Crippen LogP contribution is -2.30. The van der Waals surface area contributed by atoms with Crippen molar-refractivity contribution in [1.29, 1.82) is 0 Å². The molecule has 0 radical (unpaired) electrons. The van der Waals surface area contributed by atoms with E-state index in [4.69, 9.17) is 9.84 Å². The Labute approximate surface area is 57.4 Å². The van der Waals surface area contributed by atoms with Crippen LogP contribution in [0.15, 0.2) is 0 Å². The van der Waals surface area contributed by atoms with Crippen LogP contribution in [0.2, 0.25) is 0 Å². The lowest BCUT2D eigenvalue weighted by Gasteiger charge is -2.17. The average Bonchev–Trinajstić information content (AvgIpc) is 1.90. The van der Waals surface area contributed by atoms with E-state index < -0.39 is 12.1 Å². The lowest BCUT2D eigenvalue weighted by molar-refractivity contribution is -0.148. The zero-order chi connectivity index (χ0) is 6.69. The van der Waals surface area contributed by atoms with E-state index >= 15 is 0 Å². The van der Waals surface area contributed by atoms with Crippen LogP contribution in [-0.2, 0) is 9.53 Å². The minimum Gasteiger partial charge on any atom is -0.479 e. The van der Waals surface area contributed by atoms with Crippen molar-refractivity contribution in [3.63, 3.8) is 0 Å². The molecule has 0 saturated carbocycles. The number of rotatable bonds is 1. The molecule has 0 aromatic carbocycles. The Balaban J connectivity index is 2.31. The molecule has 1 N–H and O–H groups in total. The van der Waals surface area contributed by atoms with Gasteiger partial charge in [0.15, 0.2) is 6.10 Å². The molecule has 0 aliphatic carbocycles. The first-order chi connectivity index (χ1) is 4.30. The van der Waals surface area contributed by atoms with Gasteiger partial charge in [-0.15, -0.1) is 0 Å². The average molecular weight is 148 g/mol. The Morgan fingerprint density at radius 3 is 2.89 bits per heavy atom. The van der Waals surface area contributed by atoms with Crippen LogP contribution in [0.3, 0.4) is 0 Å². The maximum atomic E-state index is 10.2. The molecule has 4 heteroatoms. The van der Waals surface area contributed by atoms with Gasteiger partial charge in [-0.25, -0.2) is 4.79 Å². The van der Waals surface area contributed by atoms with Crippen LogP contribution in [0, 0.1) is 0 Å². The van der Waals surface area contributed by atoms with Crippen LogP contribution in [0.4, 0.5) is 0 Å². The Hall–Kier alpha value is -0.220. The van der Waals surface area contributed by atoms with Gasteiger partial charge >= 0.3 is 5.97 Å². The van der Waals surface area contributed by atoms with E-state index in [0.29, 0.717) is 12.4 Å². The van der Waals surface area contributed by atoms with Crippen molar-refractivity contribution < 1.29 is 14.6 Å². The molecule has 0 amide bonds. The molecule has 0 bridgehead atoms. The largest absolute Gasteiger partial charge is 0.479 e. The Morgan fingerprint density at radius 1 is 1.78 bits per heavy atom. The Kier molecular flexibility index (Phi) is 2.36. The normalized spacial score (nSPS) is 27.8. The molecular weight excluding hydrogens is 140 g/mol. The van der Waals surface area contributed by atoms with E-state index in [2.05, 4.69) is 0 Å². The number of ether oxygens (including phenoxy) is 1.